The van der Waals surface area contributed by atoms with E-state index in [1.807, 2.05) is 0 Å². The van der Waals surface area contributed by atoms with Gasteiger partial charge in [-0.2, -0.15) is 0 Å². The Bertz CT molecular complexity index is 348. The van der Waals surface area contributed by atoms with Crippen LogP contribution in [0.25, 0.3) is 0 Å². The normalized spacial score (nSPS) is 17.6. The lowest BCUT2D eigenvalue weighted by Crippen LogP contribution is -2.03. The van der Waals surface area contributed by atoms with E-state index in [9.17, 15) is 4.39 Å². The number of hydrogen-bond acceptors (Lipinski definition) is 2. The van der Waals surface area contributed by atoms with Crippen molar-refractivity contribution in [1.82, 2.24) is 0 Å². The van der Waals surface area contributed by atoms with Crippen molar-refractivity contribution >= 4 is 15.9 Å². The Labute approximate surface area is 90.1 Å². The van der Waals surface area contributed by atoms with E-state index in [1.54, 1.807) is 19.1 Å². The van der Waals surface area contributed by atoms with E-state index >= 15 is 0 Å². The van der Waals surface area contributed by atoms with Crippen molar-refractivity contribution in [2.75, 3.05) is 13.2 Å². The third-order valence-corrected chi connectivity index (χ3v) is 2.58. The quantitative estimate of drug-likeness (QED) is 0.773. The lowest BCUT2D eigenvalue weighted by Gasteiger charge is -2.12. The third kappa shape index (κ3) is 1.82. The van der Waals surface area contributed by atoms with Crippen LogP contribution >= 0.6 is 15.9 Å². The molecular weight excluding hydrogens is 251 g/mol. The summed E-state index contributed by atoms with van der Waals surface area (Å²) in [6, 6.07) is 3.42. The first-order chi connectivity index (χ1) is 6.68. The zero-order valence-corrected chi connectivity index (χ0v) is 9.30. The van der Waals surface area contributed by atoms with Gasteiger partial charge in [0.25, 0.3) is 0 Å². The van der Waals surface area contributed by atoms with Gasteiger partial charge in [0, 0.05) is 10.0 Å². The van der Waals surface area contributed by atoms with Gasteiger partial charge in [0.05, 0.1) is 13.2 Å². The molecule has 1 fully saturated rings. The maximum absolute atomic E-state index is 13.7. The monoisotopic (exact) mass is 260 g/mol. The highest BCUT2D eigenvalue weighted by molar-refractivity contribution is 9.10. The van der Waals surface area contributed by atoms with Crippen LogP contribution in [0.2, 0.25) is 0 Å². The molecule has 1 aromatic rings. The summed E-state index contributed by atoms with van der Waals surface area (Å²) in [5, 5.41) is 0. The van der Waals surface area contributed by atoms with E-state index < -0.39 is 6.29 Å². The Kier molecular flexibility index (Phi) is 2.85. The number of halogens is 2. The van der Waals surface area contributed by atoms with Crippen molar-refractivity contribution in [3.05, 3.63) is 33.5 Å². The minimum atomic E-state index is -0.550. The van der Waals surface area contributed by atoms with Crippen LogP contribution in [0.1, 0.15) is 17.4 Å². The molecule has 1 aromatic carbocycles. The van der Waals surface area contributed by atoms with Gasteiger partial charge in [0.15, 0.2) is 6.29 Å². The second kappa shape index (κ2) is 3.96. The fourth-order valence-corrected chi connectivity index (χ4v) is 2.05. The van der Waals surface area contributed by atoms with Gasteiger partial charge in [0.2, 0.25) is 0 Å². The zero-order valence-electron chi connectivity index (χ0n) is 7.72. The van der Waals surface area contributed by atoms with E-state index in [1.165, 1.54) is 0 Å². The SMILES string of the molecule is Cc1cc(Br)cc(C2OCCO2)c1F. The van der Waals surface area contributed by atoms with Crippen LogP contribution in [0.5, 0.6) is 0 Å². The Morgan fingerprint density at radius 2 is 2.00 bits per heavy atom. The molecule has 2 nitrogen and oxygen atoms in total. The Morgan fingerprint density at radius 3 is 2.64 bits per heavy atom. The van der Waals surface area contributed by atoms with Crippen molar-refractivity contribution in [3.63, 3.8) is 0 Å². The summed E-state index contributed by atoms with van der Waals surface area (Å²) in [6.07, 6.45) is -0.550. The van der Waals surface area contributed by atoms with Crippen molar-refractivity contribution in [2.24, 2.45) is 0 Å². The van der Waals surface area contributed by atoms with Crippen molar-refractivity contribution in [1.29, 1.82) is 0 Å². The molecular formula is C10H10BrFO2. The lowest BCUT2D eigenvalue weighted by molar-refractivity contribution is -0.0465. The maximum Gasteiger partial charge on any atom is 0.186 e. The van der Waals surface area contributed by atoms with Gasteiger partial charge in [-0.25, -0.2) is 4.39 Å². The Balaban J connectivity index is 2.40. The summed E-state index contributed by atoms with van der Waals surface area (Å²) in [6.45, 7) is 2.77. The minimum Gasteiger partial charge on any atom is -0.346 e. The zero-order chi connectivity index (χ0) is 10.1. The number of aryl methyl sites for hydroxylation is 1. The van der Waals surface area contributed by atoms with Crippen LogP contribution in [0, 0.1) is 12.7 Å². The average Bonchev–Trinajstić information content (AvgIpc) is 2.63. The number of rotatable bonds is 1. The van der Waals surface area contributed by atoms with Crippen LogP contribution in [0.4, 0.5) is 4.39 Å². The van der Waals surface area contributed by atoms with Crippen LogP contribution in [0.15, 0.2) is 16.6 Å². The van der Waals surface area contributed by atoms with Gasteiger partial charge in [-0.15, -0.1) is 0 Å². The molecule has 0 bridgehead atoms. The minimum absolute atomic E-state index is 0.250. The molecule has 1 aliphatic heterocycles. The summed E-state index contributed by atoms with van der Waals surface area (Å²) >= 11 is 3.32. The van der Waals surface area contributed by atoms with Gasteiger partial charge in [-0.05, 0) is 24.6 Å². The second-order valence-electron chi connectivity index (χ2n) is 3.20. The fraction of sp³-hybridized carbons (Fsp3) is 0.400. The van der Waals surface area contributed by atoms with E-state index in [0.29, 0.717) is 24.3 Å². The predicted molar refractivity (Wildman–Crippen MR) is 53.5 cm³/mol. The van der Waals surface area contributed by atoms with Gasteiger partial charge in [-0.1, -0.05) is 15.9 Å². The largest absolute Gasteiger partial charge is 0.346 e. The maximum atomic E-state index is 13.7. The van der Waals surface area contributed by atoms with Crippen LogP contribution in [-0.4, -0.2) is 13.2 Å². The molecule has 0 unspecified atom stereocenters. The lowest BCUT2D eigenvalue weighted by atomic mass is 10.1. The standard InChI is InChI=1S/C10H10BrFO2/c1-6-4-7(11)5-8(9(6)12)10-13-2-3-14-10/h4-5,10H,2-3H2,1H3. The first kappa shape index (κ1) is 10.1. The number of hydrogen-bond donors (Lipinski definition) is 0. The molecule has 0 aromatic heterocycles. The summed E-state index contributed by atoms with van der Waals surface area (Å²) in [5.74, 6) is -0.250. The smallest absolute Gasteiger partial charge is 0.186 e. The Morgan fingerprint density at radius 1 is 1.36 bits per heavy atom. The van der Waals surface area contributed by atoms with Crippen LogP contribution in [-0.2, 0) is 9.47 Å². The molecule has 1 heterocycles. The molecule has 14 heavy (non-hydrogen) atoms. The topological polar surface area (TPSA) is 18.5 Å². The Hall–Kier alpha value is -0.450. The molecule has 0 radical (unpaired) electrons. The van der Waals surface area contributed by atoms with Gasteiger partial charge < -0.3 is 9.47 Å². The first-order valence-corrected chi connectivity index (χ1v) is 5.16. The van der Waals surface area contributed by atoms with Crippen LogP contribution < -0.4 is 0 Å². The molecule has 0 saturated carbocycles. The molecule has 1 aliphatic rings. The van der Waals surface area contributed by atoms with Gasteiger partial charge in [-0.3, -0.25) is 0 Å². The second-order valence-corrected chi connectivity index (χ2v) is 4.12. The summed E-state index contributed by atoms with van der Waals surface area (Å²) in [5.41, 5.74) is 1.06. The van der Waals surface area contributed by atoms with Crippen molar-refractivity contribution < 1.29 is 13.9 Å². The van der Waals surface area contributed by atoms with Gasteiger partial charge >= 0.3 is 0 Å². The molecule has 0 aliphatic carbocycles. The molecule has 0 spiro atoms. The molecule has 1 saturated heterocycles. The van der Waals surface area contributed by atoms with Crippen LogP contribution in [0.3, 0.4) is 0 Å². The fourth-order valence-electron chi connectivity index (χ4n) is 1.46. The van der Waals surface area contributed by atoms with E-state index in [4.69, 9.17) is 9.47 Å². The molecule has 0 atom stereocenters. The van der Waals surface area contributed by atoms with Gasteiger partial charge in [0.1, 0.15) is 5.82 Å². The molecule has 2 rings (SSSR count). The van der Waals surface area contributed by atoms with Crippen molar-refractivity contribution in [2.45, 2.75) is 13.2 Å². The average molecular weight is 261 g/mol. The molecule has 76 valence electrons. The van der Waals surface area contributed by atoms with E-state index in [2.05, 4.69) is 15.9 Å². The van der Waals surface area contributed by atoms with Crippen molar-refractivity contribution in [3.8, 4) is 0 Å². The van der Waals surface area contributed by atoms with E-state index in [-0.39, 0.29) is 5.82 Å². The summed E-state index contributed by atoms with van der Waals surface area (Å²) in [7, 11) is 0. The number of benzene rings is 1. The highest BCUT2D eigenvalue weighted by Gasteiger charge is 2.22. The number of ether oxygens (including phenoxy) is 2. The van der Waals surface area contributed by atoms with E-state index in [0.717, 1.165) is 4.47 Å². The third-order valence-electron chi connectivity index (χ3n) is 2.12. The first-order valence-electron chi connectivity index (χ1n) is 4.37. The summed E-state index contributed by atoms with van der Waals surface area (Å²) < 4.78 is 25.0. The highest BCUT2D eigenvalue weighted by Crippen LogP contribution is 2.29. The molecule has 0 amide bonds. The summed E-state index contributed by atoms with van der Waals surface area (Å²) in [4.78, 5) is 0. The highest BCUT2D eigenvalue weighted by atomic mass is 79.9. The predicted octanol–water partition coefficient (Wildman–Crippen LogP) is 2.94. The molecule has 4 heteroatoms. The molecule has 0 N–H and O–H groups in total.